The van der Waals surface area contributed by atoms with E-state index in [0.29, 0.717) is 0 Å². The fraction of sp³-hybridized carbons (Fsp3) is 0.553. The van der Waals surface area contributed by atoms with Crippen LogP contribution in [0.15, 0.2) is 71.8 Å². The Kier molecular flexibility index (Phi) is 14.4. The SMILES string of the molecule is CC(=O)O[C@@]12CO[C@@H]1C[C@H](OC(=O)CCl)[C@@]1(C)C(=O)[C@H](OC(=O)CCl)C3=C(C)[C@@H](OC(=O)[C@H](O)[C@@H](NC(=O)OC(C)(C)C)c4ccccc4)C[C@@](O)([C@@H](OC(=O)c4ccccc4)[C@H]21)C3(C)C. The molecule has 358 valence electrons. The molecule has 1 amide bonds. The summed E-state index contributed by atoms with van der Waals surface area (Å²) in [5, 5.41) is 28.2. The summed E-state index contributed by atoms with van der Waals surface area (Å²) >= 11 is 11.9. The van der Waals surface area contributed by atoms with Crippen molar-refractivity contribution in [1.29, 1.82) is 0 Å². The molecule has 2 aromatic carbocycles. The number of hydrogen-bond donors (Lipinski definition) is 3. The molecule has 4 aliphatic rings. The van der Waals surface area contributed by atoms with Crippen LogP contribution in [0.3, 0.4) is 0 Å². The molecule has 1 aliphatic heterocycles. The topological polar surface area (TPSA) is 237 Å². The minimum absolute atomic E-state index is 0.0186. The van der Waals surface area contributed by atoms with Crippen molar-refractivity contribution in [3.63, 3.8) is 0 Å². The molecule has 1 heterocycles. The van der Waals surface area contributed by atoms with Gasteiger partial charge < -0.3 is 48.7 Å². The number of carbonyl (C=O) groups excluding carboxylic acids is 7. The van der Waals surface area contributed by atoms with Gasteiger partial charge in [-0.3, -0.25) is 19.2 Å². The number of rotatable bonds is 12. The van der Waals surface area contributed by atoms with Crippen molar-refractivity contribution in [2.45, 2.75) is 128 Å². The van der Waals surface area contributed by atoms with Crippen molar-refractivity contribution in [2.24, 2.45) is 16.7 Å². The standard InChI is InChI=1S/C47H55Cl2NO16/c1-24-28(61-41(57)35(54)34(26-15-11-9-12-16-26)50-42(58)66-43(3,4)5)20-47(59)39(64-40(56)27-17-13-10-14-18-27)37-45(8,38(55)36(63-32(53)22-49)33(24)44(47,6)7)29(62-31(52)21-48)19-30-46(37,23-60-30)65-25(2)51/h9-18,28-30,34-37,39,54,59H,19-23H2,1-8H3,(H,50,58)/t28-,29-,30+,34-,35+,36+,37-,39-,45+,46-,47+/m0/s1. The predicted molar refractivity (Wildman–Crippen MR) is 233 cm³/mol. The van der Waals surface area contributed by atoms with E-state index < -0.39 is 136 Å². The number of esters is 5. The zero-order valence-corrected chi connectivity index (χ0v) is 39.3. The van der Waals surface area contributed by atoms with Crippen molar-refractivity contribution < 1.29 is 76.9 Å². The van der Waals surface area contributed by atoms with Crippen LogP contribution in [0.25, 0.3) is 0 Å². The maximum absolute atomic E-state index is 15.9. The Morgan fingerprint density at radius 1 is 0.894 bits per heavy atom. The quantitative estimate of drug-likeness (QED) is 0.112. The molecule has 2 saturated carbocycles. The minimum Gasteiger partial charge on any atom is -0.460 e. The fourth-order valence-electron chi connectivity index (χ4n) is 10.1. The van der Waals surface area contributed by atoms with Crippen LogP contribution < -0.4 is 5.32 Å². The molecule has 11 atom stereocenters. The smallest absolute Gasteiger partial charge is 0.408 e. The van der Waals surface area contributed by atoms with Crippen molar-refractivity contribution in [2.75, 3.05) is 18.4 Å². The van der Waals surface area contributed by atoms with Crippen LogP contribution in [-0.2, 0) is 57.1 Å². The minimum atomic E-state index is -2.50. The van der Waals surface area contributed by atoms with Gasteiger partial charge in [-0.2, -0.15) is 0 Å². The lowest BCUT2D eigenvalue weighted by molar-refractivity contribution is -0.346. The lowest BCUT2D eigenvalue weighted by Gasteiger charge is -2.67. The number of nitrogens with one attached hydrogen (secondary N) is 1. The highest BCUT2D eigenvalue weighted by molar-refractivity contribution is 6.26. The number of Topliss-reactive ketones (excluding diaryl/α,β-unsaturated/α-hetero) is 1. The van der Waals surface area contributed by atoms with E-state index in [1.165, 1.54) is 39.8 Å². The van der Waals surface area contributed by atoms with E-state index in [9.17, 15) is 39.0 Å². The van der Waals surface area contributed by atoms with Crippen molar-refractivity contribution >= 4 is 64.9 Å². The fourth-order valence-corrected chi connectivity index (χ4v) is 10.3. The molecule has 0 unspecified atom stereocenters. The van der Waals surface area contributed by atoms with Gasteiger partial charge in [-0.05, 0) is 63.5 Å². The Balaban J connectivity index is 1.59. The van der Waals surface area contributed by atoms with Gasteiger partial charge >= 0.3 is 35.9 Å². The van der Waals surface area contributed by atoms with Crippen LogP contribution in [0.2, 0.25) is 0 Å². The summed E-state index contributed by atoms with van der Waals surface area (Å²) in [4.78, 5) is 97.5. The molecule has 0 radical (unpaired) electrons. The number of ether oxygens (including phenoxy) is 7. The van der Waals surface area contributed by atoms with Gasteiger partial charge in [0, 0.05) is 25.2 Å². The van der Waals surface area contributed by atoms with Crippen LogP contribution in [0, 0.1) is 16.7 Å². The highest BCUT2D eigenvalue weighted by Gasteiger charge is 2.79. The van der Waals surface area contributed by atoms with Crippen LogP contribution in [0.5, 0.6) is 0 Å². The maximum Gasteiger partial charge on any atom is 0.408 e. The first-order chi connectivity index (χ1) is 30.9. The Morgan fingerprint density at radius 2 is 1.48 bits per heavy atom. The highest BCUT2D eigenvalue weighted by atomic mass is 35.5. The number of benzene rings is 2. The molecule has 19 heteroatoms. The molecular weight excluding hydrogens is 905 g/mol. The van der Waals surface area contributed by atoms with Gasteiger partial charge in [0.1, 0.15) is 47.4 Å². The molecule has 6 rings (SSSR count). The summed E-state index contributed by atoms with van der Waals surface area (Å²) in [7, 11) is 0. The second-order valence-corrected chi connectivity index (χ2v) is 19.3. The first kappa shape index (κ1) is 50.3. The number of halogens is 2. The molecule has 2 bridgehead atoms. The molecule has 0 spiro atoms. The van der Waals surface area contributed by atoms with Crippen molar-refractivity contribution in [3.8, 4) is 0 Å². The van der Waals surface area contributed by atoms with E-state index in [1.54, 1.807) is 69.3 Å². The third kappa shape index (κ3) is 9.16. The van der Waals surface area contributed by atoms with Crippen LogP contribution >= 0.6 is 23.2 Å². The average Bonchev–Trinajstić information content (AvgIpc) is 3.25. The van der Waals surface area contributed by atoms with E-state index in [4.69, 9.17) is 56.4 Å². The normalized spacial score (nSPS) is 30.8. The van der Waals surface area contributed by atoms with Gasteiger partial charge in [0.05, 0.1) is 29.5 Å². The molecular formula is C47H55Cl2NO16. The zero-order valence-electron chi connectivity index (χ0n) is 37.8. The Morgan fingerprint density at radius 3 is 2.03 bits per heavy atom. The number of ketones is 1. The van der Waals surface area contributed by atoms with Gasteiger partial charge in [0.2, 0.25) is 0 Å². The Labute approximate surface area is 391 Å². The number of alkyl halides is 2. The van der Waals surface area contributed by atoms with E-state index in [2.05, 4.69) is 5.32 Å². The summed E-state index contributed by atoms with van der Waals surface area (Å²) in [5.41, 5.74) is -8.99. The molecule has 1 saturated heterocycles. The first-order valence-electron chi connectivity index (χ1n) is 21.3. The number of amides is 1. The number of fused-ring (bicyclic) bond motifs is 5. The molecule has 66 heavy (non-hydrogen) atoms. The van der Waals surface area contributed by atoms with E-state index in [0.717, 1.165) is 6.92 Å². The van der Waals surface area contributed by atoms with Gasteiger partial charge in [-0.25, -0.2) is 14.4 Å². The summed E-state index contributed by atoms with van der Waals surface area (Å²) in [6.07, 6.45) is -12.1. The molecule has 17 nitrogen and oxygen atoms in total. The highest BCUT2D eigenvalue weighted by Crippen LogP contribution is 2.65. The summed E-state index contributed by atoms with van der Waals surface area (Å²) in [6, 6.07) is 14.3. The number of hydrogen-bond acceptors (Lipinski definition) is 16. The molecule has 2 aromatic rings. The maximum atomic E-state index is 15.9. The predicted octanol–water partition coefficient (Wildman–Crippen LogP) is 4.84. The van der Waals surface area contributed by atoms with Gasteiger partial charge in [-0.1, -0.05) is 62.4 Å². The van der Waals surface area contributed by atoms with E-state index in [-0.39, 0.29) is 35.3 Å². The third-order valence-electron chi connectivity index (χ3n) is 13.3. The van der Waals surface area contributed by atoms with Crippen LogP contribution in [0.1, 0.15) is 90.2 Å². The molecule has 3 aliphatic carbocycles. The van der Waals surface area contributed by atoms with Gasteiger partial charge in [0.15, 0.2) is 23.6 Å². The zero-order chi connectivity index (χ0) is 48.7. The van der Waals surface area contributed by atoms with E-state index >= 15 is 4.79 Å². The van der Waals surface area contributed by atoms with Gasteiger partial charge in [0.25, 0.3) is 0 Å². The van der Waals surface area contributed by atoms with Crippen molar-refractivity contribution in [3.05, 3.63) is 82.9 Å². The average molecular weight is 961 g/mol. The van der Waals surface area contributed by atoms with Crippen LogP contribution in [0.4, 0.5) is 4.79 Å². The lowest BCUT2D eigenvalue weighted by atomic mass is 9.44. The third-order valence-corrected chi connectivity index (χ3v) is 13.7. The monoisotopic (exact) mass is 959 g/mol. The van der Waals surface area contributed by atoms with Crippen LogP contribution in [-0.4, -0.2) is 124 Å². The number of carbonyl (C=O) groups is 7. The lowest BCUT2D eigenvalue weighted by Crippen LogP contribution is -2.82. The summed E-state index contributed by atoms with van der Waals surface area (Å²) < 4.78 is 41.9. The number of aliphatic hydroxyl groups is 2. The second kappa shape index (κ2) is 18.9. The number of aliphatic hydroxyl groups excluding tert-OH is 1. The van der Waals surface area contributed by atoms with Gasteiger partial charge in [-0.15, -0.1) is 23.2 Å². The van der Waals surface area contributed by atoms with E-state index in [1.807, 2.05) is 0 Å². The summed E-state index contributed by atoms with van der Waals surface area (Å²) in [5.74, 6) is -9.19. The van der Waals surface area contributed by atoms with Crippen molar-refractivity contribution in [1.82, 2.24) is 5.32 Å². The molecule has 3 fully saturated rings. The molecule has 3 N–H and O–H groups in total. The Hall–Kier alpha value is -5.07. The summed E-state index contributed by atoms with van der Waals surface area (Å²) in [6.45, 7) is 11.5. The second-order valence-electron chi connectivity index (χ2n) is 18.8. The molecule has 0 aromatic heterocycles. The number of alkyl carbamates (subject to hydrolysis) is 1. The first-order valence-corrected chi connectivity index (χ1v) is 22.4. The largest absolute Gasteiger partial charge is 0.460 e. The Bertz CT molecular complexity index is 2260.